The molecule has 0 aliphatic rings. The molecule has 0 amide bonds. The lowest BCUT2D eigenvalue weighted by Gasteiger charge is -2.14. The number of nitrogens with zero attached hydrogens (tertiary/aromatic N) is 9. The summed E-state index contributed by atoms with van der Waals surface area (Å²) < 4.78 is 18.8. The van der Waals surface area contributed by atoms with Crippen molar-refractivity contribution in [2.24, 2.45) is 0 Å². The maximum atomic E-state index is 6.30. The Bertz CT molecular complexity index is 9700. The minimum Gasteiger partial charge on any atom is -0.456 e. The lowest BCUT2D eigenvalue weighted by molar-refractivity contribution is 0.668. The van der Waals surface area contributed by atoms with Crippen LogP contribution in [0.5, 0.6) is 0 Å². The molecule has 0 spiro atoms. The second-order valence-corrected chi connectivity index (χ2v) is 35.2. The van der Waals surface area contributed by atoms with Gasteiger partial charge in [0.2, 0.25) is 0 Å². The van der Waals surface area contributed by atoms with Crippen LogP contribution in [-0.2, 0) is 0 Å². The minimum atomic E-state index is 0.623. The molecule has 0 atom stereocenters. The third-order valence-electron chi connectivity index (χ3n) is 26.8. The van der Waals surface area contributed by atoms with Crippen LogP contribution < -0.4 is 0 Å². The van der Waals surface area contributed by atoms with Crippen LogP contribution in [-0.4, -0.2) is 44.9 Å². The molecule has 0 aliphatic carbocycles. The topological polar surface area (TPSA) is 155 Å². The first-order chi connectivity index (χ1) is 69.9. The Kier molecular flexibility index (Phi) is 20.6. The predicted molar refractivity (Wildman–Crippen MR) is 577 cm³/mol. The SMILES string of the molecule is c1ccc(-c2nc(-c3cc(-c4cccc5oc6ccccc6c45)c4ccccc4c3)nc(-c3cccc4ccccc34)n2)cc1.c1ccc(-c2nc(-c3ccccc3-c3ccccc3)nc(-c3ccc(-c4cccc5oc6ccccc6c45)c4ccccc34)n2)cc1.c1ccc2cc(-c3nc(-c4ccc5ccccc5c4)nc(-c4cc(-c5cccc6oc7ccccc7c56)c5ccccc5c4)n3)ccc2c1. The van der Waals surface area contributed by atoms with Gasteiger partial charge in [-0.1, -0.05) is 400 Å². The van der Waals surface area contributed by atoms with Crippen LogP contribution >= 0.6 is 0 Å². The van der Waals surface area contributed by atoms with Gasteiger partial charge in [-0.15, -0.1) is 0 Å². The van der Waals surface area contributed by atoms with E-state index in [0.717, 1.165) is 214 Å². The molecule has 658 valence electrons. The average molecular weight is 1800 g/mol. The van der Waals surface area contributed by atoms with Crippen molar-refractivity contribution in [3.8, 4) is 147 Å². The maximum absolute atomic E-state index is 6.30. The van der Waals surface area contributed by atoms with Crippen LogP contribution in [0.3, 0.4) is 0 Å². The van der Waals surface area contributed by atoms with E-state index < -0.39 is 0 Å². The number of hydrogen-bond acceptors (Lipinski definition) is 12. The van der Waals surface area contributed by atoms with Gasteiger partial charge >= 0.3 is 0 Å². The molecule has 6 aromatic heterocycles. The Morgan fingerprint density at radius 3 is 0.830 bits per heavy atom. The van der Waals surface area contributed by atoms with E-state index in [1.807, 2.05) is 127 Å². The average Bonchev–Trinajstić information content (AvgIpc) is 1.67. The van der Waals surface area contributed by atoms with Gasteiger partial charge in [0.25, 0.3) is 0 Å². The van der Waals surface area contributed by atoms with Gasteiger partial charge in [-0.2, -0.15) is 0 Å². The highest BCUT2D eigenvalue weighted by atomic mass is 16.3. The summed E-state index contributed by atoms with van der Waals surface area (Å²) in [7, 11) is 0. The summed E-state index contributed by atoms with van der Waals surface area (Å²) in [5, 5.41) is 20.2. The summed E-state index contributed by atoms with van der Waals surface area (Å²) in [6, 6.07) is 165. The monoisotopic (exact) mass is 1800 g/mol. The van der Waals surface area contributed by atoms with E-state index in [9.17, 15) is 0 Å². The highest BCUT2D eigenvalue weighted by Crippen LogP contribution is 2.48. The number of fused-ring (bicyclic) bond motifs is 15. The predicted octanol–water partition coefficient (Wildman–Crippen LogP) is 33.9. The van der Waals surface area contributed by atoms with Crippen molar-refractivity contribution in [3.05, 3.63) is 479 Å². The van der Waals surface area contributed by atoms with Crippen LogP contribution in [0.2, 0.25) is 0 Å². The number of benzene rings is 22. The molecule has 22 aromatic carbocycles. The zero-order valence-corrected chi connectivity index (χ0v) is 75.9. The molecule has 0 saturated carbocycles. The third kappa shape index (κ3) is 15.3. The van der Waals surface area contributed by atoms with Crippen molar-refractivity contribution in [2.45, 2.75) is 0 Å². The van der Waals surface area contributed by atoms with E-state index in [2.05, 4.69) is 352 Å². The first-order valence-corrected chi connectivity index (χ1v) is 47.2. The molecule has 28 rings (SSSR count). The highest BCUT2D eigenvalue weighted by Gasteiger charge is 2.26. The van der Waals surface area contributed by atoms with Gasteiger partial charge in [-0.05, 0) is 188 Å². The highest BCUT2D eigenvalue weighted by molar-refractivity contribution is 6.20. The zero-order valence-electron chi connectivity index (χ0n) is 75.9. The van der Waals surface area contributed by atoms with Gasteiger partial charge < -0.3 is 13.3 Å². The van der Waals surface area contributed by atoms with E-state index >= 15 is 0 Å². The van der Waals surface area contributed by atoms with Gasteiger partial charge in [-0.25, -0.2) is 44.9 Å². The lowest BCUT2D eigenvalue weighted by Crippen LogP contribution is -2.01. The van der Waals surface area contributed by atoms with Gasteiger partial charge in [0.1, 0.15) is 33.5 Å². The summed E-state index contributed by atoms with van der Waals surface area (Å²) in [5.74, 6) is 5.71. The van der Waals surface area contributed by atoms with Crippen LogP contribution in [0.25, 0.3) is 277 Å². The summed E-state index contributed by atoms with van der Waals surface area (Å²) in [4.78, 5) is 46.0. The van der Waals surface area contributed by atoms with E-state index in [0.29, 0.717) is 52.4 Å². The molecule has 0 unspecified atom stereocenters. The molecule has 0 fully saturated rings. The summed E-state index contributed by atoms with van der Waals surface area (Å²) >= 11 is 0. The number of hydrogen-bond donors (Lipinski definition) is 0. The molecular formula is C129H79N9O3. The Morgan fingerprint density at radius 2 is 0.376 bits per heavy atom. The van der Waals surface area contributed by atoms with Crippen LogP contribution in [0.4, 0.5) is 0 Å². The molecule has 0 aliphatic heterocycles. The van der Waals surface area contributed by atoms with Crippen molar-refractivity contribution >= 4 is 130 Å². The second-order valence-electron chi connectivity index (χ2n) is 35.2. The fourth-order valence-corrected chi connectivity index (χ4v) is 20.1. The van der Waals surface area contributed by atoms with Crippen molar-refractivity contribution < 1.29 is 13.3 Å². The standard InChI is InChI=1S/C45H27N3O.C43H27N3O.C41H25N3O/c1-3-12-30-24-33(22-20-28(30)10-1)43-46-44(34-23-21-29-11-2-4-13-31(29)25-34)48-45(47-43)35-26-32-14-5-6-15-36(32)39(27-35)37-17-9-19-41-42(37)38-16-7-8-18-40(38)49-41;1-3-14-28(15-4-1)30-18-7-10-21-35(30)42-44-41(29-16-5-2-6-17-29)45-43(46-42)36-27-26-33(31-19-8-9-20-32(31)36)34-23-13-25-39-40(34)37-22-11-12-24-38(37)47-39;1-2-13-27(14-3-1)39-42-40(44-41(43-39)33-21-10-16-26-12-4-6-17-30(26)33)29-24-28-15-5-7-18-31(28)35(25-29)32-20-11-23-37-38(32)34-19-8-9-22-36(34)45-37/h1-27H;1-27H;1-25H. The molecule has 0 radical (unpaired) electrons. The van der Waals surface area contributed by atoms with Crippen molar-refractivity contribution in [3.63, 3.8) is 0 Å². The van der Waals surface area contributed by atoms with Crippen molar-refractivity contribution in [1.29, 1.82) is 0 Å². The van der Waals surface area contributed by atoms with Crippen LogP contribution in [0.15, 0.2) is 492 Å². The number of aromatic nitrogens is 9. The second kappa shape index (κ2) is 35.3. The molecule has 141 heavy (non-hydrogen) atoms. The Hall–Kier alpha value is -19.2. The number of rotatable bonds is 13. The molecule has 12 heteroatoms. The van der Waals surface area contributed by atoms with Gasteiger partial charge in [0.05, 0.1) is 0 Å². The lowest BCUT2D eigenvalue weighted by atomic mass is 9.92. The number of para-hydroxylation sites is 3. The fourth-order valence-electron chi connectivity index (χ4n) is 20.1. The third-order valence-corrected chi connectivity index (χ3v) is 26.8. The summed E-state index contributed by atoms with van der Waals surface area (Å²) in [6.45, 7) is 0. The Labute approximate surface area is 809 Å². The molecule has 0 bridgehead atoms. The van der Waals surface area contributed by atoms with Gasteiger partial charge in [0.15, 0.2) is 52.4 Å². The maximum Gasteiger partial charge on any atom is 0.164 e. The van der Waals surface area contributed by atoms with Crippen molar-refractivity contribution in [2.75, 3.05) is 0 Å². The van der Waals surface area contributed by atoms with Gasteiger partial charge in [0, 0.05) is 82.4 Å². The zero-order chi connectivity index (χ0) is 93.2. The molecule has 28 aromatic rings. The quantitative estimate of drug-likeness (QED) is 0.108. The van der Waals surface area contributed by atoms with E-state index in [1.54, 1.807) is 0 Å². The molecule has 0 N–H and O–H groups in total. The minimum absolute atomic E-state index is 0.623. The normalized spacial score (nSPS) is 11.5. The van der Waals surface area contributed by atoms with Crippen molar-refractivity contribution in [1.82, 2.24) is 44.9 Å². The van der Waals surface area contributed by atoms with E-state index in [1.165, 1.54) is 10.8 Å². The Morgan fingerprint density at radius 1 is 0.113 bits per heavy atom. The van der Waals surface area contributed by atoms with E-state index in [4.69, 9.17) is 58.1 Å². The largest absolute Gasteiger partial charge is 0.456 e. The first-order valence-electron chi connectivity index (χ1n) is 47.2. The van der Waals surface area contributed by atoms with Crippen LogP contribution in [0.1, 0.15) is 0 Å². The van der Waals surface area contributed by atoms with Crippen LogP contribution in [0, 0.1) is 0 Å². The smallest absolute Gasteiger partial charge is 0.164 e. The summed E-state index contributed by atoms with van der Waals surface area (Å²) in [5.41, 5.74) is 22.6. The Balaban J connectivity index is 0.000000109. The van der Waals surface area contributed by atoms with Gasteiger partial charge in [-0.3, -0.25) is 0 Å². The molecule has 0 saturated heterocycles. The molecule has 6 heterocycles. The van der Waals surface area contributed by atoms with E-state index in [-0.39, 0.29) is 0 Å². The summed E-state index contributed by atoms with van der Waals surface area (Å²) in [6.07, 6.45) is 0. The molecule has 12 nitrogen and oxygen atoms in total. The first kappa shape index (κ1) is 82.5. The fraction of sp³-hybridized carbons (Fsp3) is 0. The number of furan rings is 3. The molecular weight excluding hydrogens is 1720 g/mol.